The van der Waals surface area contributed by atoms with Gasteiger partial charge in [-0.2, -0.15) is 5.26 Å². The van der Waals surface area contributed by atoms with Gasteiger partial charge in [-0.15, -0.1) is 0 Å². The van der Waals surface area contributed by atoms with Crippen molar-refractivity contribution in [2.75, 3.05) is 0 Å². The molecule has 0 aromatic carbocycles. The summed E-state index contributed by atoms with van der Waals surface area (Å²) in [6, 6.07) is 5.41. The van der Waals surface area contributed by atoms with Gasteiger partial charge in [-0.05, 0) is 12.1 Å². The van der Waals surface area contributed by atoms with E-state index in [-0.39, 0.29) is 5.48 Å². The zero-order valence-electron chi connectivity index (χ0n) is 4.70. The molecule has 0 unspecified atom stereocenters. The zero-order chi connectivity index (χ0) is 5.82. The number of hydrogen-bond donors (Lipinski definition) is 0. The highest BCUT2D eigenvalue weighted by Crippen LogP contribution is 1.89. The van der Waals surface area contributed by atoms with E-state index in [2.05, 4.69) is 4.98 Å². The Morgan fingerprint density at radius 2 is 2.33 bits per heavy atom. The molecule has 1 aromatic heterocycles. The lowest BCUT2D eigenvalue weighted by molar-refractivity contribution is 0.824. The molecule has 3 heteroatoms. The molecular weight excluding hydrogens is 116 g/mol. The number of hydrogen-bond acceptors (Lipinski definition) is 2. The molecule has 0 radical (unpaired) electrons. The molecule has 46 valence electrons. The third-order valence-corrected chi connectivity index (χ3v) is 0.791. The molecule has 1 heterocycles. The Bertz CT molecular complexity index is 202. The lowest BCUT2D eigenvalue weighted by atomic mass is 10.3. The van der Waals surface area contributed by atoms with E-state index >= 15 is 0 Å². The van der Waals surface area contributed by atoms with Crippen LogP contribution in [-0.2, 0) is 0 Å². The highest BCUT2D eigenvalue weighted by atomic mass is 16.0. The van der Waals surface area contributed by atoms with Crippen LogP contribution in [0.5, 0.6) is 0 Å². The molecule has 0 aliphatic heterocycles. The summed E-state index contributed by atoms with van der Waals surface area (Å²) in [5.41, 5.74) is 0.604. The fourth-order valence-electron chi connectivity index (χ4n) is 0.429. The lowest BCUT2D eigenvalue weighted by Gasteiger charge is -1.79. The van der Waals surface area contributed by atoms with Crippen LogP contribution in [0.25, 0.3) is 0 Å². The summed E-state index contributed by atoms with van der Waals surface area (Å²) in [7, 11) is 0. The lowest BCUT2D eigenvalue weighted by Crippen LogP contribution is -1.72. The summed E-state index contributed by atoms with van der Waals surface area (Å²) in [4.78, 5) is 3.73. The Balaban J connectivity index is 0.000000640. The van der Waals surface area contributed by atoms with Crippen molar-refractivity contribution in [2.45, 2.75) is 0 Å². The van der Waals surface area contributed by atoms with Gasteiger partial charge in [-0.3, -0.25) is 4.98 Å². The Morgan fingerprint density at radius 1 is 1.56 bits per heavy atom. The molecule has 0 spiro atoms. The second kappa shape index (κ2) is 3.58. The molecule has 0 bridgehead atoms. The minimum Gasteiger partial charge on any atom is -0.412 e. The number of aromatic nitrogens is 1. The van der Waals surface area contributed by atoms with Crippen molar-refractivity contribution in [3.05, 3.63) is 30.1 Å². The maximum atomic E-state index is 8.25. The van der Waals surface area contributed by atoms with Crippen molar-refractivity contribution in [1.29, 1.82) is 5.26 Å². The Kier molecular flexibility index (Phi) is 3.03. The van der Waals surface area contributed by atoms with Gasteiger partial charge in [0.1, 0.15) is 6.07 Å². The monoisotopic (exact) mass is 122 g/mol. The van der Waals surface area contributed by atoms with Gasteiger partial charge < -0.3 is 5.48 Å². The Labute approximate surface area is 52.9 Å². The van der Waals surface area contributed by atoms with Gasteiger partial charge >= 0.3 is 0 Å². The highest BCUT2D eigenvalue weighted by Gasteiger charge is 1.80. The molecule has 0 saturated heterocycles. The largest absolute Gasteiger partial charge is 0.412 e. The third-order valence-electron chi connectivity index (χ3n) is 0.791. The quantitative estimate of drug-likeness (QED) is 0.490. The van der Waals surface area contributed by atoms with Gasteiger partial charge in [0.15, 0.2) is 0 Å². The van der Waals surface area contributed by atoms with Crippen molar-refractivity contribution < 1.29 is 5.48 Å². The molecule has 0 fully saturated rings. The number of nitrogens with zero attached hydrogens (tertiary/aromatic N) is 2. The van der Waals surface area contributed by atoms with E-state index in [1.807, 2.05) is 6.07 Å². The topological polar surface area (TPSA) is 68.2 Å². The summed E-state index contributed by atoms with van der Waals surface area (Å²) in [6.45, 7) is 0. The first-order valence-electron chi connectivity index (χ1n) is 2.23. The average Bonchev–Trinajstić information content (AvgIpc) is 1.90. The summed E-state index contributed by atoms with van der Waals surface area (Å²) in [6.07, 6.45) is 3.17. The molecule has 0 saturated carbocycles. The van der Waals surface area contributed by atoms with Crippen LogP contribution in [-0.4, -0.2) is 10.5 Å². The van der Waals surface area contributed by atoms with E-state index in [0.717, 1.165) is 0 Å². The predicted octanol–water partition coefficient (Wildman–Crippen LogP) is 0.129. The van der Waals surface area contributed by atoms with Crippen LogP contribution in [0.1, 0.15) is 5.56 Å². The maximum Gasteiger partial charge on any atom is 0.101 e. The fourth-order valence-corrected chi connectivity index (χ4v) is 0.429. The van der Waals surface area contributed by atoms with E-state index in [1.54, 1.807) is 18.3 Å². The van der Waals surface area contributed by atoms with Gasteiger partial charge in [0.05, 0.1) is 5.56 Å². The first-order valence-corrected chi connectivity index (χ1v) is 2.23. The van der Waals surface area contributed by atoms with Crippen molar-refractivity contribution in [3.63, 3.8) is 0 Å². The summed E-state index contributed by atoms with van der Waals surface area (Å²) in [5.74, 6) is 0. The second-order valence-electron chi connectivity index (χ2n) is 1.35. The maximum absolute atomic E-state index is 8.25. The number of rotatable bonds is 0. The molecule has 9 heavy (non-hydrogen) atoms. The molecule has 0 aliphatic rings. The van der Waals surface area contributed by atoms with Crippen LogP contribution in [0.15, 0.2) is 24.5 Å². The minimum atomic E-state index is 0. The second-order valence-corrected chi connectivity index (χ2v) is 1.35. The smallest absolute Gasteiger partial charge is 0.101 e. The summed E-state index contributed by atoms with van der Waals surface area (Å²) in [5, 5.41) is 8.25. The van der Waals surface area contributed by atoms with E-state index < -0.39 is 0 Å². The van der Waals surface area contributed by atoms with Gasteiger partial charge in [0, 0.05) is 12.4 Å². The molecule has 3 nitrogen and oxygen atoms in total. The van der Waals surface area contributed by atoms with Crippen molar-refractivity contribution >= 4 is 0 Å². The minimum absolute atomic E-state index is 0. The van der Waals surface area contributed by atoms with Crippen LogP contribution in [0, 0.1) is 11.3 Å². The molecular formula is C6H6N2O. The van der Waals surface area contributed by atoms with Gasteiger partial charge in [0.25, 0.3) is 0 Å². The number of nitriles is 1. The van der Waals surface area contributed by atoms with E-state index in [4.69, 9.17) is 5.26 Å². The first kappa shape index (κ1) is 7.60. The van der Waals surface area contributed by atoms with Crippen LogP contribution in [0.3, 0.4) is 0 Å². The highest BCUT2D eigenvalue weighted by molar-refractivity contribution is 5.23. The van der Waals surface area contributed by atoms with Crippen LogP contribution in [0.4, 0.5) is 0 Å². The van der Waals surface area contributed by atoms with Crippen molar-refractivity contribution in [1.82, 2.24) is 4.98 Å². The van der Waals surface area contributed by atoms with Crippen LogP contribution in [0.2, 0.25) is 0 Å². The van der Waals surface area contributed by atoms with E-state index in [0.29, 0.717) is 5.56 Å². The average molecular weight is 122 g/mol. The Morgan fingerprint density at radius 3 is 2.67 bits per heavy atom. The van der Waals surface area contributed by atoms with Crippen molar-refractivity contribution in [3.8, 4) is 6.07 Å². The molecule has 0 aliphatic carbocycles. The first-order chi connectivity index (χ1) is 3.93. The standard InChI is InChI=1S/C6H4N2.H2O/c7-4-6-2-1-3-8-5-6;/h1-3,5H;1H2. The van der Waals surface area contributed by atoms with Crippen molar-refractivity contribution in [2.24, 2.45) is 0 Å². The van der Waals surface area contributed by atoms with Gasteiger partial charge in [-0.25, -0.2) is 0 Å². The third kappa shape index (κ3) is 1.89. The van der Waals surface area contributed by atoms with Gasteiger partial charge in [-0.1, -0.05) is 0 Å². The summed E-state index contributed by atoms with van der Waals surface area (Å²) < 4.78 is 0. The van der Waals surface area contributed by atoms with Crippen LogP contribution >= 0.6 is 0 Å². The van der Waals surface area contributed by atoms with Crippen LogP contribution < -0.4 is 0 Å². The number of pyridine rings is 1. The molecule has 0 atom stereocenters. The summed E-state index contributed by atoms with van der Waals surface area (Å²) >= 11 is 0. The van der Waals surface area contributed by atoms with E-state index in [1.165, 1.54) is 6.20 Å². The molecule has 0 amide bonds. The molecule has 1 aromatic rings. The molecule has 2 N–H and O–H groups in total. The Hall–Kier alpha value is -1.40. The van der Waals surface area contributed by atoms with E-state index in [9.17, 15) is 0 Å². The van der Waals surface area contributed by atoms with Gasteiger partial charge in [0.2, 0.25) is 0 Å². The normalized spacial score (nSPS) is 7.00. The SMILES string of the molecule is N#Cc1cccnc1.O. The fraction of sp³-hybridized carbons (Fsp3) is 0. The molecule has 1 rings (SSSR count). The zero-order valence-corrected chi connectivity index (χ0v) is 4.70. The predicted molar refractivity (Wildman–Crippen MR) is 32.6 cm³/mol.